The Bertz CT molecular complexity index is 871. The van der Waals surface area contributed by atoms with Gasteiger partial charge in [0.25, 0.3) is 10.0 Å². The molecule has 1 heterocycles. The van der Waals surface area contributed by atoms with E-state index in [9.17, 15) is 13.2 Å². The van der Waals surface area contributed by atoms with E-state index in [2.05, 4.69) is 10.0 Å². The monoisotopic (exact) mass is 388 g/mol. The van der Waals surface area contributed by atoms with Crippen molar-refractivity contribution in [2.24, 2.45) is 0 Å². The number of benzene rings is 2. The maximum absolute atomic E-state index is 12.4. The normalized spacial score (nSPS) is 16.9. The summed E-state index contributed by atoms with van der Waals surface area (Å²) in [5, 5.41) is 2.82. The molecular weight excluding hydrogens is 364 g/mol. The molecule has 1 amide bonds. The molecule has 1 saturated heterocycles. The van der Waals surface area contributed by atoms with E-state index in [4.69, 9.17) is 4.74 Å². The molecule has 2 aromatic carbocycles. The molecule has 1 unspecified atom stereocenters. The minimum Gasteiger partial charge on any atom is -0.378 e. The van der Waals surface area contributed by atoms with E-state index in [1.807, 2.05) is 6.92 Å². The number of carbonyl (C=O) groups excluding carboxylic acids is 1. The molecule has 1 fully saturated rings. The Morgan fingerprint density at radius 2 is 1.74 bits per heavy atom. The molecule has 7 heteroatoms. The highest BCUT2D eigenvalue weighted by molar-refractivity contribution is 7.92. The highest BCUT2D eigenvalue weighted by Crippen LogP contribution is 2.20. The van der Waals surface area contributed by atoms with Crippen LogP contribution in [0.5, 0.6) is 0 Å². The largest absolute Gasteiger partial charge is 0.378 e. The zero-order chi connectivity index (χ0) is 19.3. The molecule has 1 aliphatic heterocycles. The van der Waals surface area contributed by atoms with Gasteiger partial charge in [0.05, 0.1) is 11.0 Å². The van der Waals surface area contributed by atoms with Gasteiger partial charge in [0.1, 0.15) is 0 Å². The second-order valence-corrected chi connectivity index (χ2v) is 8.40. The van der Waals surface area contributed by atoms with Gasteiger partial charge in [0.15, 0.2) is 0 Å². The Balaban J connectivity index is 1.54. The predicted octanol–water partition coefficient (Wildman–Crippen LogP) is 3.69. The molecule has 0 spiro atoms. The molecule has 0 bridgehead atoms. The first kappa shape index (κ1) is 19.4. The molecule has 1 atom stereocenters. The van der Waals surface area contributed by atoms with E-state index in [1.165, 1.54) is 0 Å². The lowest BCUT2D eigenvalue weighted by Crippen LogP contribution is -2.15. The molecule has 2 N–H and O–H groups in total. The van der Waals surface area contributed by atoms with Crippen molar-refractivity contribution in [2.45, 2.75) is 43.6 Å². The number of hydrogen-bond donors (Lipinski definition) is 2. The van der Waals surface area contributed by atoms with Crippen LogP contribution in [-0.4, -0.2) is 27.0 Å². The molecule has 0 aromatic heterocycles. The van der Waals surface area contributed by atoms with Crippen LogP contribution < -0.4 is 10.0 Å². The summed E-state index contributed by atoms with van der Waals surface area (Å²) < 4.78 is 32.8. The summed E-state index contributed by atoms with van der Waals surface area (Å²) in [7, 11) is -3.64. The van der Waals surface area contributed by atoms with Crippen LogP contribution in [0.4, 0.5) is 11.4 Å². The van der Waals surface area contributed by atoms with Crippen LogP contribution in [0.3, 0.4) is 0 Å². The lowest BCUT2D eigenvalue weighted by molar-refractivity contribution is -0.116. The third kappa shape index (κ3) is 5.55. The topological polar surface area (TPSA) is 84.5 Å². The van der Waals surface area contributed by atoms with Crippen LogP contribution in [0.25, 0.3) is 0 Å². The predicted molar refractivity (Wildman–Crippen MR) is 105 cm³/mol. The Hall–Kier alpha value is -2.38. The van der Waals surface area contributed by atoms with E-state index >= 15 is 0 Å². The number of nitrogens with one attached hydrogen (secondary N) is 2. The first-order valence-corrected chi connectivity index (χ1v) is 10.5. The Labute approximate surface area is 160 Å². The summed E-state index contributed by atoms with van der Waals surface area (Å²) in [6.45, 7) is 2.68. The molecule has 3 rings (SSSR count). The van der Waals surface area contributed by atoms with Gasteiger partial charge in [-0.25, -0.2) is 8.42 Å². The molecule has 0 saturated carbocycles. The van der Waals surface area contributed by atoms with E-state index in [-0.39, 0.29) is 16.9 Å². The van der Waals surface area contributed by atoms with Crippen molar-refractivity contribution in [3.05, 3.63) is 54.1 Å². The van der Waals surface area contributed by atoms with Crippen LogP contribution >= 0.6 is 0 Å². The molecular formula is C20H24N2O4S. The number of ether oxygens (including phenoxy) is 1. The number of anilines is 2. The quantitative estimate of drug-likeness (QED) is 0.758. The summed E-state index contributed by atoms with van der Waals surface area (Å²) in [5.41, 5.74) is 2.06. The van der Waals surface area contributed by atoms with Crippen LogP contribution in [0.2, 0.25) is 0 Å². The lowest BCUT2D eigenvalue weighted by Gasteiger charge is -2.11. The third-order valence-electron chi connectivity index (χ3n) is 4.47. The molecule has 6 nitrogen and oxygen atoms in total. The summed E-state index contributed by atoms with van der Waals surface area (Å²) >= 11 is 0. The van der Waals surface area contributed by atoms with Crippen LogP contribution in [0, 0.1) is 6.92 Å². The van der Waals surface area contributed by atoms with Gasteiger partial charge in [0, 0.05) is 24.4 Å². The van der Waals surface area contributed by atoms with Crippen molar-refractivity contribution >= 4 is 27.3 Å². The van der Waals surface area contributed by atoms with E-state index in [0.29, 0.717) is 17.8 Å². The average molecular weight is 388 g/mol. The van der Waals surface area contributed by atoms with Gasteiger partial charge in [-0.3, -0.25) is 9.52 Å². The number of amides is 1. The Morgan fingerprint density at radius 3 is 2.37 bits per heavy atom. The Kier molecular flexibility index (Phi) is 6.13. The SMILES string of the molecule is Cc1ccc(S(=O)(=O)Nc2ccc(NC(=O)CCC3CCCO3)cc2)cc1. The van der Waals surface area contributed by atoms with Gasteiger partial charge in [0.2, 0.25) is 5.91 Å². The van der Waals surface area contributed by atoms with E-state index in [1.54, 1.807) is 48.5 Å². The van der Waals surface area contributed by atoms with Crippen molar-refractivity contribution in [2.75, 3.05) is 16.6 Å². The number of sulfonamides is 1. The molecule has 0 radical (unpaired) electrons. The summed E-state index contributed by atoms with van der Waals surface area (Å²) in [4.78, 5) is 12.2. The number of aryl methyl sites for hydroxylation is 1. The van der Waals surface area contributed by atoms with Crippen LogP contribution in [0.1, 0.15) is 31.2 Å². The zero-order valence-corrected chi connectivity index (χ0v) is 16.1. The first-order valence-electron chi connectivity index (χ1n) is 9.03. The van der Waals surface area contributed by atoms with Crippen molar-refractivity contribution in [3.8, 4) is 0 Å². The summed E-state index contributed by atoms with van der Waals surface area (Å²) in [6.07, 6.45) is 3.40. The number of carbonyl (C=O) groups is 1. The van der Waals surface area contributed by atoms with Gasteiger partial charge >= 0.3 is 0 Å². The highest BCUT2D eigenvalue weighted by atomic mass is 32.2. The molecule has 27 heavy (non-hydrogen) atoms. The second-order valence-electron chi connectivity index (χ2n) is 6.72. The lowest BCUT2D eigenvalue weighted by atomic mass is 10.1. The van der Waals surface area contributed by atoms with Gasteiger partial charge in [-0.2, -0.15) is 0 Å². The minimum atomic E-state index is -3.64. The third-order valence-corrected chi connectivity index (χ3v) is 5.87. The number of rotatable bonds is 7. The second kappa shape index (κ2) is 8.54. The van der Waals surface area contributed by atoms with E-state index in [0.717, 1.165) is 31.4 Å². The summed E-state index contributed by atoms with van der Waals surface area (Å²) in [6, 6.07) is 13.3. The van der Waals surface area contributed by atoms with Gasteiger partial charge < -0.3 is 10.1 Å². The Morgan fingerprint density at radius 1 is 1.07 bits per heavy atom. The molecule has 0 aliphatic carbocycles. The van der Waals surface area contributed by atoms with Crippen LogP contribution in [0.15, 0.2) is 53.4 Å². The highest BCUT2D eigenvalue weighted by Gasteiger charge is 2.17. The average Bonchev–Trinajstić information content (AvgIpc) is 3.15. The van der Waals surface area contributed by atoms with Crippen molar-refractivity contribution < 1.29 is 17.9 Å². The fourth-order valence-electron chi connectivity index (χ4n) is 2.94. The van der Waals surface area contributed by atoms with Crippen molar-refractivity contribution in [3.63, 3.8) is 0 Å². The van der Waals surface area contributed by atoms with Gasteiger partial charge in [-0.15, -0.1) is 0 Å². The molecule has 1 aliphatic rings. The fourth-order valence-corrected chi connectivity index (χ4v) is 4.00. The van der Waals surface area contributed by atoms with Crippen LogP contribution in [-0.2, 0) is 19.6 Å². The van der Waals surface area contributed by atoms with E-state index < -0.39 is 10.0 Å². The first-order chi connectivity index (χ1) is 12.9. The molecule has 2 aromatic rings. The summed E-state index contributed by atoms with van der Waals surface area (Å²) in [5.74, 6) is -0.0708. The minimum absolute atomic E-state index is 0.0708. The fraction of sp³-hybridized carbons (Fsp3) is 0.350. The maximum Gasteiger partial charge on any atom is 0.261 e. The van der Waals surface area contributed by atoms with Crippen molar-refractivity contribution in [1.29, 1.82) is 0 Å². The maximum atomic E-state index is 12.4. The smallest absolute Gasteiger partial charge is 0.261 e. The van der Waals surface area contributed by atoms with Crippen molar-refractivity contribution in [1.82, 2.24) is 0 Å². The zero-order valence-electron chi connectivity index (χ0n) is 15.3. The van der Waals surface area contributed by atoms with Gasteiger partial charge in [-0.05, 0) is 62.6 Å². The molecule has 144 valence electrons. The van der Waals surface area contributed by atoms with Gasteiger partial charge in [-0.1, -0.05) is 17.7 Å². The number of hydrogen-bond acceptors (Lipinski definition) is 4. The standard InChI is InChI=1S/C20H24N2O4S/c1-15-4-11-19(12-5-15)27(24,25)22-17-8-6-16(7-9-17)21-20(23)13-10-18-3-2-14-26-18/h4-9,11-12,18,22H,2-3,10,13-14H2,1H3,(H,21,23).